The Morgan fingerprint density at radius 3 is 1.38 bits per heavy atom. The molecule has 13 rings (SSSR count). The molecule has 0 amide bonds. The summed E-state index contributed by atoms with van der Waals surface area (Å²) >= 11 is 0. The van der Waals surface area contributed by atoms with Crippen molar-refractivity contribution in [2.45, 2.75) is 0 Å². The van der Waals surface area contributed by atoms with Crippen LogP contribution in [0.25, 0.3) is 32.7 Å². The lowest BCUT2D eigenvalue weighted by molar-refractivity contribution is 0.487. The smallest absolute Gasteiger partial charge is 0.188 e. The summed E-state index contributed by atoms with van der Waals surface area (Å²) in [4.78, 5) is 2.49. The number of fused-ring (bicyclic) bond motifs is 11. The summed E-state index contributed by atoms with van der Waals surface area (Å²) in [5, 5.41) is 16.0. The zero-order valence-electron chi connectivity index (χ0n) is 36.2. The number of nitrogens with zero attached hydrogens (tertiary/aromatic N) is 1. The quantitative estimate of drug-likeness (QED) is 0.122. The van der Waals surface area contributed by atoms with Gasteiger partial charge >= 0.3 is 0 Å². The van der Waals surface area contributed by atoms with E-state index in [1.807, 2.05) is 0 Å². The molecule has 2 aliphatic heterocycles. The second-order valence-electron chi connectivity index (χ2n) is 17.5. The molecule has 0 aromatic heterocycles. The molecule has 2 aliphatic rings. The fraction of sp³-hybridized carbons (Fsp3) is 0. The van der Waals surface area contributed by atoms with Gasteiger partial charge in [0.2, 0.25) is 0 Å². The Morgan fingerprint density at radius 1 is 0.288 bits per heavy atom. The molecular formula is C62H43NOSi2. The Morgan fingerprint density at radius 2 is 0.742 bits per heavy atom. The molecule has 66 heavy (non-hydrogen) atoms. The van der Waals surface area contributed by atoms with E-state index in [-0.39, 0.29) is 0 Å². The van der Waals surface area contributed by atoms with Crippen LogP contribution in [0.2, 0.25) is 0 Å². The molecule has 11 aromatic rings. The Kier molecular flexibility index (Phi) is 8.92. The number of ether oxygens (including phenoxy) is 1. The van der Waals surface area contributed by atoms with E-state index in [0.29, 0.717) is 0 Å². The maximum Gasteiger partial charge on any atom is 0.188 e. The molecule has 0 fully saturated rings. The third-order valence-corrected chi connectivity index (χ3v) is 24.5. The van der Waals surface area contributed by atoms with E-state index in [4.69, 9.17) is 4.74 Å². The average molecular weight is 874 g/mol. The van der Waals surface area contributed by atoms with E-state index in [1.54, 1.807) is 0 Å². The van der Waals surface area contributed by atoms with Gasteiger partial charge in [0.25, 0.3) is 0 Å². The largest absolute Gasteiger partial charge is 0.458 e. The van der Waals surface area contributed by atoms with Gasteiger partial charge in [0, 0.05) is 16.8 Å². The van der Waals surface area contributed by atoms with Crippen molar-refractivity contribution >= 4 is 96.2 Å². The molecule has 0 radical (unpaired) electrons. The zero-order chi connectivity index (χ0) is 43.7. The molecule has 0 bridgehead atoms. The normalized spacial score (nSPS) is 13.8. The lowest BCUT2D eigenvalue weighted by atomic mass is 9.98. The predicted octanol–water partition coefficient (Wildman–Crippen LogP) is 10.3. The van der Waals surface area contributed by atoms with Gasteiger partial charge in [-0.05, 0) is 111 Å². The first-order valence-electron chi connectivity index (χ1n) is 22.8. The van der Waals surface area contributed by atoms with Crippen molar-refractivity contribution in [3.8, 4) is 22.6 Å². The van der Waals surface area contributed by atoms with Crippen molar-refractivity contribution < 1.29 is 4.74 Å². The highest BCUT2D eigenvalue weighted by Crippen LogP contribution is 2.43. The molecule has 310 valence electrons. The van der Waals surface area contributed by atoms with E-state index in [9.17, 15) is 0 Å². The Balaban J connectivity index is 1.13. The molecule has 0 N–H and O–H groups in total. The number of benzene rings is 11. The van der Waals surface area contributed by atoms with Crippen LogP contribution in [-0.4, -0.2) is 16.1 Å². The molecule has 2 heterocycles. The van der Waals surface area contributed by atoms with Crippen LogP contribution in [-0.2, 0) is 0 Å². The number of hydrogen-bond acceptors (Lipinski definition) is 2. The molecule has 0 unspecified atom stereocenters. The number of anilines is 3. The Bertz CT molecular complexity index is 3540. The van der Waals surface area contributed by atoms with Crippen molar-refractivity contribution in [3.63, 3.8) is 0 Å². The molecule has 0 saturated heterocycles. The van der Waals surface area contributed by atoms with E-state index < -0.39 is 16.1 Å². The Labute approximate surface area is 387 Å². The third kappa shape index (κ3) is 5.59. The van der Waals surface area contributed by atoms with Gasteiger partial charge in [0.05, 0.1) is 5.69 Å². The first-order chi connectivity index (χ1) is 32.7. The van der Waals surface area contributed by atoms with Crippen LogP contribution in [0.15, 0.2) is 261 Å². The first-order valence-corrected chi connectivity index (χ1v) is 26.8. The van der Waals surface area contributed by atoms with Crippen molar-refractivity contribution in [2.24, 2.45) is 0 Å². The highest BCUT2D eigenvalue weighted by molar-refractivity contribution is 7.33. The van der Waals surface area contributed by atoms with Gasteiger partial charge in [-0.3, -0.25) is 0 Å². The van der Waals surface area contributed by atoms with Crippen molar-refractivity contribution in [2.75, 3.05) is 4.90 Å². The zero-order valence-corrected chi connectivity index (χ0v) is 38.2. The highest BCUT2D eigenvalue weighted by atomic mass is 28.3. The first kappa shape index (κ1) is 38.4. The molecule has 4 heteroatoms. The average Bonchev–Trinajstić information content (AvgIpc) is 3.40. The van der Waals surface area contributed by atoms with Crippen LogP contribution in [0.4, 0.5) is 17.1 Å². The second-order valence-corrected chi connectivity index (χ2v) is 24.9. The lowest BCUT2D eigenvalue weighted by Crippen LogP contribution is -2.93. The van der Waals surface area contributed by atoms with Gasteiger partial charge < -0.3 is 9.64 Å². The monoisotopic (exact) mass is 873 g/mol. The van der Waals surface area contributed by atoms with E-state index in [0.717, 1.165) is 28.6 Å². The SMILES string of the molecule is c1ccc(-c2ccc(N(c3ccc4c(c3)[Si]3(c5ccccc5O4)c4ccccc4[Si](c4ccccc4)(c4ccccc4)c4ccccc43)c3cc4ccccc4c4ccccc34)cc2)cc1. The molecule has 0 aliphatic carbocycles. The van der Waals surface area contributed by atoms with Crippen LogP contribution in [0, 0.1) is 0 Å². The van der Waals surface area contributed by atoms with Crippen LogP contribution >= 0.6 is 0 Å². The van der Waals surface area contributed by atoms with E-state index >= 15 is 0 Å². The molecule has 2 nitrogen and oxygen atoms in total. The lowest BCUT2D eigenvalue weighted by Gasteiger charge is -2.50. The van der Waals surface area contributed by atoms with Gasteiger partial charge in [0.1, 0.15) is 11.5 Å². The van der Waals surface area contributed by atoms with Gasteiger partial charge in [0.15, 0.2) is 16.1 Å². The Hall–Kier alpha value is -8.03. The minimum Gasteiger partial charge on any atom is -0.458 e. The summed E-state index contributed by atoms with van der Waals surface area (Å²) in [6.45, 7) is 0. The van der Waals surface area contributed by atoms with Gasteiger partial charge in [-0.1, -0.05) is 218 Å². The maximum absolute atomic E-state index is 7.12. The molecule has 0 atom stereocenters. The minimum atomic E-state index is -3.15. The topological polar surface area (TPSA) is 12.5 Å². The van der Waals surface area contributed by atoms with Crippen molar-refractivity contribution in [1.29, 1.82) is 0 Å². The van der Waals surface area contributed by atoms with E-state index in [1.165, 1.54) is 74.2 Å². The van der Waals surface area contributed by atoms with E-state index in [2.05, 4.69) is 266 Å². The van der Waals surface area contributed by atoms with Crippen LogP contribution in [0.1, 0.15) is 0 Å². The molecule has 11 aromatic carbocycles. The van der Waals surface area contributed by atoms with Gasteiger partial charge in [-0.15, -0.1) is 0 Å². The summed E-state index contributed by atoms with van der Waals surface area (Å²) in [6.07, 6.45) is 0. The molecule has 1 spiro atoms. The van der Waals surface area contributed by atoms with Gasteiger partial charge in [-0.2, -0.15) is 0 Å². The summed E-state index contributed by atoms with van der Waals surface area (Å²) < 4.78 is 7.12. The van der Waals surface area contributed by atoms with Crippen molar-refractivity contribution in [3.05, 3.63) is 261 Å². The van der Waals surface area contributed by atoms with Gasteiger partial charge in [-0.25, -0.2) is 0 Å². The predicted molar refractivity (Wildman–Crippen MR) is 282 cm³/mol. The summed E-state index contributed by atoms with van der Waals surface area (Å²) in [5.74, 6) is 1.86. The summed E-state index contributed by atoms with van der Waals surface area (Å²) in [7, 11) is -6.03. The number of hydrogen-bond donors (Lipinski definition) is 0. The molecule has 0 saturated carbocycles. The maximum atomic E-state index is 7.12. The van der Waals surface area contributed by atoms with Crippen LogP contribution < -0.4 is 51.1 Å². The van der Waals surface area contributed by atoms with Crippen molar-refractivity contribution in [1.82, 2.24) is 0 Å². The fourth-order valence-electron chi connectivity index (χ4n) is 11.6. The van der Waals surface area contributed by atoms with Crippen LogP contribution in [0.3, 0.4) is 0 Å². The van der Waals surface area contributed by atoms with Crippen LogP contribution in [0.5, 0.6) is 11.5 Å². The number of para-hydroxylation sites is 1. The number of rotatable bonds is 6. The second kappa shape index (κ2) is 15.3. The summed E-state index contributed by atoms with van der Waals surface area (Å²) in [6, 6.07) is 97.4. The highest BCUT2D eigenvalue weighted by Gasteiger charge is 2.59. The minimum absolute atomic E-state index is 0.921. The summed E-state index contributed by atoms with van der Waals surface area (Å²) in [5.41, 5.74) is 5.70. The molecular weight excluding hydrogens is 831 g/mol. The fourth-order valence-corrected chi connectivity index (χ4v) is 23.9. The standard InChI is InChI=1S/C62H43NOSi2/c1-4-20-44(21-5-1)45-36-38-47(39-37-45)63(54-42-46-22-10-11-27-51(46)52-28-12-13-29-53(52)54)48-40-41-56-62(43-48)66(57-31-15-14-30-55(57)64-56)60-34-18-16-32-58(60)65(49-23-6-2-7-24-49,50-25-8-3-9-26-50)59-33-17-19-35-61(59)66/h1-43H. The third-order valence-electron chi connectivity index (χ3n) is 14.2.